The Bertz CT molecular complexity index is 576. The minimum absolute atomic E-state index is 0.0425. The summed E-state index contributed by atoms with van der Waals surface area (Å²) in [6.45, 7) is 1.50. The number of hydrogen-bond donors (Lipinski definition) is 1. The highest BCUT2D eigenvalue weighted by Crippen LogP contribution is 2.15. The lowest BCUT2D eigenvalue weighted by atomic mass is 10.3. The molecule has 2 fully saturated rings. The van der Waals surface area contributed by atoms with Crippen molar-refractivity contribution in [3.63, 3.8) is 0 Å². The van der Waals surface area contributed by atoms with Gasteiger partial charge in [-0.05, 0) is 12.1 Å². The zero-order chi connectivity index (χ0) is 14.8. The number of anilines is 1. The van der Waals surface area contributed by atoms with E-state index >= 15 is 0 Å². The van der Waals surface area contributed by atoms with Crippen LogP contribution >= 0.6 is 0 Å². The maximum Gasteiger partial charge on any atom is 0.328 e. The maximum atomic E-state index is 12.2. The number of carbonyl (C=O) groups is 3. The first-order chi connectivity index (χ1) is 10.2. The van der Waals surface area contributed by atoms with Crippen LogP contribution in [0.25, 0.3) is 0 Å². The van der Waals surface area contributed by atoms with Gasteiger partial charge in [-0.2, -0.15) is 0 Å². The van der Waals surface area contributed by atoms with E-state index in [1.165, 1.54) is 4.90 Å². The Labute approximate surface area is 121 Å². The highest BCUT2D eigenvalue weighted by atomic mass is 16.2. The average Bonchev–Trinajstić information content (AvgIpc) is 2.93. The lowest BCUT2D eigenvalue weighted by molar-refractivity contribution is -0.120. The fraction of sp³-hybridized carbons (Fsp3) is 0.385. The highest BCUT2D eigenvalue weighted by Gasteiger charge is 2.34. The van der Waals surface area contributed by atoms with Crippen LogP contribution in [0.3, 0.4) is 0 Å². The Hall–Kier alpha value is -2.64. The first-order valence-corrected chi connectivity index (χ1v) is 6.72. The third-order valence-electron chi connectivity index (χ3n) is 3.50. The highest BCUT2D eigenvalue weighted by molar-refractivity contribution is 6.00. The number of piperazine rings is 1. The summed E-state index contributed by atoms with van der Waals surface area (Å²) in [5.74, 6) is 0.376. The maximum absolute atomic E-state index is 12.2. The number of nitrogens with zero attached hydrogens (tertiary/aromatic N) is 4. The molecular formula is C13H15N5O3. The number of imide groups is 1. The van der Waals surface area contributed by atoms with Crippen LogP contribution < -0.4 is 10.2 Å². The summed E-state index contributed by atoms with van der Waals surface area (Å²) in [4.78, 5) is 44.1. The largest absolute Gasteiger partial charge is 0.336 e. The van der Waals surface area contributed by atoms with Gasteiger partial charge < -0.3 is 10.2 Å². The van der Waals surface area contributed by atoms with E-state index in [4.69, 9.17) is 0 Å². The van der Waals surface area contributed by atoms with Gasteiger partial charge in [-0.3, -0.25) is 9.69 Å². The van der Waals surface area contributed by atoms with Crippen LogP contribution in [0.15, 0.2) is 24.4 Å². The van der Waals surface area contributed by atoms with Crippen molar-refractivity contribution in [1.29, 1.82) is 0 Å². The van der Waals surface area contributed by atoms with Crippen LogP contribution in [0.4, 0.5) is 15.4 Å². The van der Waals surface area contributed by atoms with E-state index in [2.05, 4.69) is 10.3 Å². The molecule has 0 saturated carbocycles. The zero-order valence-electron chi connectivity index (χ0n) is 11.4. The number of carbonyl (C=O) groups excluding carboxylic acids is 3. The molecular weight excluding hydrogens is 274 g/mol. The molecule has 1 aromatic rings. The molecule has 0 bridgehead atoms. The lowest BCUT2D eigenvalue weighted by Crippen LogP contribution is -2.56. The molecule has 0 radical (unpaired) electrons. The van der Waals surface area contributed by atoms with Gasteiger partial charge in [-0.15, -0.1) is 0 Å². The molecule has 0 spiro atoms. The number of amides is 5. The quantitative estimate of drug-likeness (QED) is 0.780. The average molecular weight is 289 g/mol. The van der Waals surface area contributed by atoms with E-state index in [9.17, 15) is 14.4 Å². The molecule has 110 valence electrons. The van der Waals surface area contributed by atoms with Gasteiger partial charge in [-0.1, -0.05) is 6.07 Å². The molecule has 21 heavy (non-hydrogen) atoms. The molecule has 5 amide bonds. The van der Waals surface area contributed by atoms with Crippen LogP contribution in [0, 0.1) is 0 Å². The Kier molecular flexibility index (Phi) is 3.43. The van der Waals surface area contributed by atoms with E-state index in [1.54, 1.807) is 23.2 Å². The summed E-state index contributed by atoms with van der Waals surface area (Å²) in [5.41, 5.74) is 0. The molecule has 8 nitrogen and oxygen atoms in total. The van der Waals surface area contributed by atoms with Crippen LogP contribution in [0.1, 0.15) is 0 Å². The molecule has 3 rings (SSSR count). The van der Waals surface area contributed by atoms with Gasteiger partial charge in [-0.25, -0.2) is 19.5 Å². The molecule has 3 heterocycles. The molecule has 2 aliphatic heterocycles. The Morgan fingerprint density at radius 3 is 2.67 bits per heavy atom. The first-order valence-electron chi connectivity index (χ1n) is 6.72. The Morgan fingerprint density at radius 1 is 1.19 bits per heavy atom. The fourth-order valence-electron chi connectivity index (χ4n) is 2.42. The monoisotopic (exact) mass is 289 g/mol. The van der Waals surface area contributed by atoms with Gasteiger partial charge in [0.15, 0.2) is 0 Å². The second-order valence-corrected chi connectivity index (χ2v) is 4.82. The van der Waals surface area contributed by atoms with Crippen molar-refractivity contribution in [2.24, 2.45) is 0 Å². The van der Waals surface area contributed by atoms with Gasteiger partial charge in [0.2, 0.25) is 5.91 Å². The van der Waals surface area contributed by atoms with E-state index in [1.807, 2.05) is 6.07 Å². The van der Waals surface area contributed by atoms with Crippen molar-refractivity contribution in [2.45, 2.75) is 0 Å². The van der Waals surface area contributed by atoms with Crippen molar-refractivity contribution >= 4 is 23.8 Å². The number of urea groups is 2. The Balaban J connectivity index is 1.67. The van der Waals surface area contributed by atoms with Crippen molar-refractivity contribution in [3.8, 4) is 0 Å². The van der Waals surface area contributed by atoms with Crippen LogP contribution in [0.5, 0.6) is 0 Å². The van der Waals surface area contributed by atoms with Crippen molar-refractivity contribution in [3.05, 3.63) is 24.4 Å². The second kappa shape index (κ2) is 5.39. The standard InChI is InChI=1S/C13H15N5O3/c19-11-9-16(13(21)18-6-5-15-12(18)20)7-8-17(11)10-3-1-2-4-14-10/h1-4H,5-9H2,(H,15,20). The fourth-order valence-corrected chi connectivity index (χ4v) is 2.42. The zero-order valence-corrected chi connectivity index (χ0v) is 11.4. The van der Waals surface area contributed by atoms with Crippen molar-refractivity contribution in [1.82, 2.24) is 20.1 Å². The van der Waals surface area contributed by atoms with E-state index in [-0.39, 0.29) is 12.5 Å². The molecule has 2 saturated heterocycles. The topological polar surface area (TPSA) is 85.8 Å². The van der Waals surface area contributed by atoms with Crippen molar-refractivity contribution < 1.29 is 14.4 Å². The van der Waals surface area contributed by atoms with Gasteiger partial charge in [0.05, 0.1) is 0 Å². The summed E-state index contributed by atoms with van der Waals surface area (Å²) >= 11 is 0. The summed E-state index contributed by atoms with van der Waals surface area (Å²) in [6.07, 6.45) is 1.62. The molecule has 0 aromatic carbocycles. The second-order valence-electron chi connectivity index (χ2n) is 4.82. The predicted molar refractivity (Wildman–Crippen MR) is 73.7 cm³/mol. The lowest BCUT2D eigenvalue weighted by Gasteiger charge is -2.34. The van der Waals surface area contributed by atoms with E-state index in [0.717, 1.165) is 4.90 Å². The SMILES string of the molecule is O=C1NCCN1C(=O)N1CCN(c2ccccn2)C(=O)C1. The number of aromatic nitrogens is 1. The van der Waals surface area contributed by atoms with Crippen molar-refractivity contribution in [2.75, 3.05) is 37.6 Å². The molecule has 1 N–H and O–H groups in total. The molecule has 0 atom stereocenters. The molecule has 0 unspecified atom stereocenters. The molecule has 0 aliphatic carbocycles. The summed E-state index contributed by atoms with van der Waals surface area (Å²) in [6, 6.07) is 4.52. The smallest absolute Gasteiger partial charge is 0.328 e. The number of pyridine rings is 1. The third-order valence-corrected chi connectivity index (χ3v) is 3.50. The van der Waals surface area contributed by atoms with E-state index < -0.39 is 12.1 Å². The third kappa shape index (κ3) is 2.51. The van der Waals surface area contributed by atoms with Crippen LogP contribution in [0.2, 0.25) is 0 Å². The van der Waals surface area contributed by atoms with Gasteiger partial charge in [0.1, 0.15) is 12.4 Å². The van der Waals surface area contributed by atoms with Gasteiger partial charge in [0.25, 0.3) is 0 Å². The minimum atomic E-state index is -0.418. The number of hydrogen-bond acceptors (Lipinski definition) is 4. The predicted octanol–water partition coefficient (Wildman–Crippen LogP) is -0.125. The summed E-state index contributed by atoms with van der Waals surface area (Å²) in [5, 5.41) is 2.57. The minimum Gasteiger partial charge on any atom is -0.336 e. The number of nitrogens with one attached hydrogen (secondary N) is 1. The molecule has 1 aromatic heterocycles. The summed E-state index contributed by atoms with van der Waals surface area (Å²) in [7, 11) is 0. The summed E-state index contributed by atoms with van der Waals surface area (Å²) < 4.78 is 0. The molecule has 2 aliphatic rings. The van der Waals surface area contributed by atoms with Crippen LogP contribution in [-0.4, -0.2) is 65.5 Å². The van der Waals surface area contributed by atoms with Gasteiger partial charge in [0, 0.05) is 32.4 Å². The normalized spacial score (nSPS) is 19.0. The number of rotatable bonds is 1. The first kappa shape index (κ1) is 13.3. The molecule has 8 heteroatoms. The Morgan fingerprint density at radius 2 is 2.05 bits per heavy atom. The van der Waals surface area contributed by atoms with E-state index in [0.29, 0.717) is 32.0 Å². The van der Waals surface area contributed by atoms with Gasteiger partial charge >= 0.3 is 12.1 Å². The van der Waals surface area contributed by atoms with Crippen LogP contribution in [-0.2, 0) is 4.79 Å².